The van der Waals surface area contributed by atoms with Gasteiger partial charge in [0.1, 0.15) is 25.3 Å². The van der Waals surface area contributed by atoms with Crippen LogP contribution < -0.4 is 11.1 Å². The van der Waals surface area contributed by atoms with Gasteiger partial charge < -0.3 is 30.7 Å². The number of nitrogens with one attached hydrogen (secondary N) is 1. The normalized spacial score (nSPS) is 14.2. The van der Waals surface area contributed by atoms with Gasteiger partial charge in [0.15, 0.2) is 0 Å². The molecule has 2 atom stereocenters. The molecule has 0 spiro atoms. The number of carboxylic acids is 2. The van der Waals surface area contributed by atoms with Crippen molar-refractivity contribution < 1.29 is 53.3 Å². The summed E-state index contributed by atoms with van der Waals surface area (Å²) in [5, 5.41) is 20.1. The summed E-state index contributed by atoms with van der Waals surface area (Å²) in [6, 6.07) is 30.1. The molecule has 4 aromatic carbocycles. The first kappa shape index (κ1) is 44.7. The molecular weight excluding hydrogens is 759 g/mol. The maximum Gasteiger partial charge on any atom is 0.533 e. The van der Waals surface area contributed by atoms with Gasteiger partial charge in [0, 0.05) is 24.7 Å². The van der Waals surface area contributed by atoms with E-state index >= 15 is 0 Å². The summed E-state index contributed by atoms with van der Waals surface area (Å²) < 4.78 is 10.5. The summed E-state index contributed by atoms with van der Waals surface area (Å²) in [6.07, 6.45) is 1.71. The third-order valence-electron chi connectivity index (χ3n) is 9.58. The monoisotopic (exact) mass is 805 g/mol. The van der Waals surface area contributed by atoms with E-state index in [0.29, 0.717) is 11.5 Å². The second-order valence-electron chi connectivity index (χ2n) is 13.3. The van der Waals surface area contributed by atoms with Crippen molar-refractivity contribution in [3.05, 3.63) is 145 Å². The van der Waals surface area contributed by atoms with Gasteiger partial charge in [-0.2, -0.15) is 0 Å². The summed E-state index contributed by atoms with van der Waals surface area (Å²) in [4.78, 5) is 72.6. The second-order valence-corrected chi connectivity index (χ2v) is 13.3. The molecule has 2 aliphatic carbocycles. The summed E-state index contributed by atoms with van der Waals surface area (Å²) >= 11 is 0. The van der Waals surface area contributed by atoms with Gasteiger partial charge in [0.25, 0.3) is 11.8 Å². The molecule has 0 aromatic heterocycles. The van der Waals surface area contributed by atoms with Crippen LogP contribution in [0, 0.1) is 0 Å². The average molecular weight is 806 g/mol. The zero-order chi connectivity index (χ0) is 41.8. The first-order chi connectivity index (χ1) is 27.9. The van der Waals surface area contributed by atoms with E-state index < -0.39 is 48.1 Å². The third-order valence-corrected chi connectivity index (χ3v) is 9.58. The molecule has 0 unspecified atom stereocenters. The van der Waals surface area contributed by atoms with E-state index in [1.165, 1.54) is 12.2 Å². The number of nitrogens with zero attached hydrogens (tertiary/aromatic N) is 1. The van der Waals surface area contributed by atoms with E-state index in [0.717, 1.165) is 44.5 Å². The molecule has 1 heterocycles. The van der Waals surface area contributed by atoms with Gasteiger partial charge in [0.05, 0.1) is 0 Å². The minimum atomic E-state index is -1.12. The van der Waals surface area contributed by atoms with Crippen LogP contribution in [0.3, 0.4) is 0 Å². The first-order valence-electron chi connectivity index (χ1n) is 18.4. The number of alkyl carbamates (subject to hydrolysis) is 1. The molecule has 14 nitrogen and oxygen atoms in total. The van der Waals surface area contributed by atoms with E-state index in [1.54, 1.807) is 0 Å². The number of carbonyl (C=O) groups is 6. The summed E-state index contributed by atoms with van der Waals surface area (Å²) in [6.45, 7) is 7.06. The first-order valence-corrected chi connectivity index (χ1v) is 18.4. The van der Waals surface area contributed by atoms with Crippen LogP contribution in [0.5, 0.6) is 0 Å². The number of hydrogen-bond donors (Lipinski definition) is 4. The maximum atomic E-state index is 12.0. The molecule has 1 fully saturated rings. The van der Waals surface area contributed by atoms with Crippen molar-refractivity contribution >= 4 is 36.0 Å². The number of fused-ring (bicyclic) bond motifs is 6. The Labute approximate surface area is 341 Å². The smallest absolute Gasteiger partial charge is 0.480 e. The van der Waals surface area contributed by atoms with Gasteiger partial charge in [-0.15, -0.1) is 13.2 Å². The van der Waals surface area contributed by atoms with Crippen molar-refractivity contribution in [1.82, 2.24) is 10.4 Å². The number of carbonyl (C=O) groups excluding carboxylic acids is 4. The standard InChI is InChI=1S/C20H19NO4.C19H15NO5.C5H9NO2.CH4/c1-2-7-18(19(22)23)21-20(24)25-12-17-15-10-5-3-8-13(15)14-9-4-6-11-16(14)17;21-17-9-10-18(22)20(17)25-19(23)24-11-16-14-7-3-1-5-12(14)13-6-2-4-8-15(13)16;1-2-3-4(6)5(7)8;/h2-6,8-11,17-18H,1,7,12H2,(H,21,24)(H,22,23);1-8,16H,9-11H2;2,4H,1,3,6H2,(H,7,8);1H4/t18-;;4-;/m0.0./s1. The third kappa shape index (κ3) is 10.9. The van der Waals surface area contributed by atoms with Crippen molar-refractivity contribution in [3.8, 4) is 22.3 Å². The molecule has 4 aromatic rings. The van der Waals surface area contributed by atoms with Crippen LogP contribution in [-0.4, -0.2) is 76.6 Å². The molecule has 5 N–H and O–H groups in total. The molecule has 0 radical (unpaired) electrons. The van der Waals surface area contributed by atoms with Gasteiger partial charge in [-0.05, 0) is 57.3 Å². The van der Waals surface area contributed by atoms with Gasteiger partial charge >= 0.3 is 24.2 Å². The van der Waals surface area contributed by atoms with Gasteiger partial charge in [-0.25, -0.2) is 14.4 Å². The SMILES string of the molecule is C.C=CC[C@H](N)C(=O)O.C=CC[C@H](NC(=O)OCC1c2ccccc2-c2ccccc21)C(=O)O.O=C(OCC1c2ccccc2-c2ccccc21)ON1C(=O)CCC1=O. The Hall–Kier alpha value is -7.06. The number of rotatable bonds is 12. The molecule has 0 saturated carbocycles. The minimum absolute atomic E-state index is 0. The molecule has 3 amide bonds. The summed E-state index contributed by atoms with van der Waals surface area (Å²) in [7, 11) is 0. The van der Waals surface area contributed by atoms with Gasteiger partial charge in [-0.1, -0.05) is 122 Å². The molecule has 0 bridgehead atoms. The number of ether oxygens (including phenoxy) is 2. The number of amides is 3. The fourth-order valence-corrected chi connectivity index (χ4v) is 6.80. The van der Waals surface area contributed by atoms with E-state index in [9.17, 15) is 28.8 Å². The average Bonchev–Trinajstić information content (AvgIpc) is 3.84. The van der Waals surface area contributed by atoms with E-state index in [-0.39, 0.29) is 51.7 Å². The number of imide groups is 1. The molecule has 1 saturated heterocycles. The summed E-state index contributed by atoms with van der Waals surface area (Å²) in [5.41, 5.74) is 13.9. The molecule has 1 aliphatic heterocycles. The fourth-order valence-electron chi connectivity index (χ4n) is 6.80. The van der Waals surface area contributed by atoms with Crippen LogP contribution in [0.1, 0.15) is 67.2 Å². The molecule has 14 heteroatoms. The van der Waals surface area contributed by atoms with Gasteiger partial charge in [0.2, 0.25) is 0 Å². The highest BCUT2D eigenvalue weighted by Crippen LogP contribution is 2.45. The number of nitrogens with two attached hydrogens (primary N) is 1. The number of hydrogen-bond acceptors (Lipinski definition) is 10. The lowest BCUT2D eigenvalue weighted by molar-refractivity contribution is -0.177. The summed E-state index contributed by atoms with van der Waals surface area (Å²) in [5.74, 6) is -3.32. The Morgan fingerprint density at radius 3 is 1.42 bits per heavy atom. The molecule has 7 rings (SSSR count). The highest BCUT2D eigenvalue weighted by Gasteiger charge is 2.35. The van der Waals surface area contributed by atoms with Crippen molar-refractivity contribution in [2.24, 2.45) is 5.73 Å². The topological polar surface area (TPSA) is 212 Å². The number of benzene rings is 4. The molecule has 308 valence electrons. The van der Waals surface area contributed by atoms with Gasteiger partial charge in [-0.3, -0.25) is 19.2 Å². The van der Waals surface area contributed by atoms with Crippen LogP contribution in [0.15, 0.2) is 122 Å². The molecule has 59 heavy (non-hydrogen) atoms. The highest BCUT2D eigenvalue weighted by molar-refractivity contribution is 6.01. The zero-order valence-electron chi connectivity index (χ0n) is 31.5. The number of hydroxylamine groups is 2. The Bertz CT molecular complexity index is 2100. The fraction of sp³-hybridized carbons (Fsp3) is 0.244. The van der Waals surface area contributed by atoms with Crippen molar-refractivity contribution in [3.63, 3.8) is 0 Å². The quantitative estimate of drug-likeness (QED) is 0.0637. The Morgan fingerprint density at radius 2 is 1.07 bits per heavy atom. The molecule has 3 aliphatic rings. The van der Waals surface area contributed by atoms with Crippen molar-refractivity contribution in [2.75, 3.05) is 13.2 Å². The molecular formula is C45H47N3O11. The van der Waals surface area contributed by atoms with E-state index in [1.807, 2.05) is 84.9 Å². The number of aliphatic carboxylic acids is 2. The van der Waals surface area contributed by atoms with Crippen molar-refractivity contribution in [1.29, 1.82) is 0 Å². The zero-order valence-corrected chi connectivity index (χ0v) is 31.5. The van der Waals surface area contributed by atoms with Crippen LogP contribution in [0.2, 0.25) is 0 Å². The van der Waals surface area contributed by atoms with Crippen LogP contribution >= 0.6 is 0 Å². The predicted molar refractivity (Wildman–Crippen MR) is 219 cm³/mol. The van der Waals surface area contributed by atoms with E-state index in [4.69, 9.17) is 30.3 Å². The Balaban J connectivity index is 0.000000218. The minimum Gasteiger partial charge on any atom is -0.480 e. The second kappa shape index (κ2) is 20.9. The maximum absolute atomic E-state index is 12.0. The van der Waals surface area contributed by atoms with Crippen LogP contribution in [0.4, 0.5) is 9.59 Å². The predicted octanol–water partition coefficient (Wildman–Crippen LogP) is 7.18. The Kier molecular flexibility index (Phi) is 15.8. The largest absolute Gasteiger partial charge is 0.533 e. The number of carboxylic acid groups (broad SMARTS) is 2. The lowest BCUT2D eigenvalue weighted by Crippen LogP contribution is -2.41. The lowest BCUT2D eigenvalue weighted by atomic mass is 9.98. The van der Waals surface area contributed by atoms with E-state index in [2.05, 4.69) is 30.6 Å². The highest BCUT2D eigenvalue weighted by atomic mass is 16.8. The van der Waals surface area contributed by atoms with Crippen LogP contribution in [-0.2, 0) is 33.5 Å². The lowest BCUT2D eigenvalue weighted by Gasteiger charge is -2.16. The Morgan fingerprint density at radius 1 is 0.678 bits per heavy atom. The van der Waals surface area contributed by atoms with Crippen molar-refractivity contribution in [2.45, 2.75) is 57.0 Å². The van der Waals surface area contributed by atoms with Crippen LogP contribution in [0.25, 0.3) is 22.3 Å².